The molecule has 1 saturated heterocycles. The minimum atomic E-state index is -0.472. The van der Waals surface area contributed by atoms with Crippen LogP contribution in [0.15, 0.2) is 45.7 Å². The zero-order chi connectivity index (χ0) is 20.1. The molecule has 8 nitrogen and oxygen atoms in total. The second kappa shape index (κ2) is 6.84. The van der Waals surface area contributed by atoms with E-state index in [2.05, 4.69) is 20.9 Å². The molecule has 3 heterocycles. The number of fused-ring (bicyclic) bond motifs is 2. The van der Waals surface area contributed by atoms with Gasteiger partial charge in [-0.05, 0) is 58.6 Å². The van der Waals surface area contributed by atoms with Crippen LogP contribution in [0.25, 0.3) is 11.0 Å². The maximum atomic E-state index is 12.7. The highest BCUT2D eigenvalue weighted by atomic mass is 79.9. The third-order valence-electron chi connectivity index (χ3n) is 5.71. The summed E-state index contributed by atoms with van der Waals surface area (Å²) in [7, 11) is 0. The first kappa shape index (κ1) is 18.1. The van der Waals surface area contributed by atoms with Gasteiger partial charge >= 0.3 is 11.7 Å². The topological polar surface area (TPSA) is 103 Å². The van der Waals surface area contributed by atoms with E-state index in [-0.39, 0.29) is 24.6 Å². The van der Waals surface area contributed by atoms with Crippen LogP contribution in [-0.4, -0.2) is 33.8 Å². The summed E-state index contributed by atoms with van der Waals surface area (Å²) in [6, 6.07) is 10.6. The maximum absolute atomic E-state index is 12.7. The molecule has 2 aromatic carbocycles. The molecular formula is C20H19BrN4O4. The Hall–Kier alpha value is -2.94. The Morgan fingerprint density at radius 1 is 1.21 bits per heavy atom. The summed E-state index contributed by atoms with van der Waals surface area (Å²) < 4.78 is 13.5. The number of nitrogens with two attached hydrogens (primary N) is 1. The molecule has 0 aliphatic carbocycles. The van der Waals surface area contributed by atoms with Crippen molar-refractivity contribution in [3.63, 3.8) is 0 Å². The molecule has 5 rings (SSSR count). The van der Waals surface area contributed by atoms with Gasteiger partial charge in [0, 0.05) is 17.1 Å². The molecule has 1 fully saturated rings. The number of nitrogens with one attached hydrogen (secondary N) is 1. The van der Waals surface area contributed by atoms with Crippen LogP contribution in [0.3, 0.4) is 0 Å². The lowest BCUT2D eigenvalue weighted by atomic mass is 9.91. The van der Waals surface area contributed by atoms with E-state index in [9.17, 15) is 9.59 Å². The normalized spacial score (nSPS) is 20.9. The van der Waals surface area contributed by atoms with E-state index in [1.165, 1.54) is 0 Å². The van der Waals surface area contributed by atoms with Gasteiger partial charge in [-0.1, -0.05) is 12.1 Å². The molecule has 0 saturated carbocycles. The molecule has 3 N–H and O–H groups in total. The standard InChI is InChI=1S/C20H19BrN4O4/c21-13-2-1-3-14-18(13)23-20(27)25(14)12-6-7-24(19(22)26)15(9-12)11-4-5-16-17(8-11)29-10-28-16/h1-5,8,12,15H,6-7,9-10H2,(H2,22,26)(H,23,27). The van der Waals surface area contributed by atoms with E-state index in [4.69, 9.17) is 15.2 Å². The Kier molecular flexibility index (Phi) is 4.27. The van der Waals surface area contributed by atoms with Gasteiger partial charge in [-0.15, -0.1) is 0 Å². The van der Waals surface area contributed by atoms with Crippen LogP contribution >= 0.6 is 15.9 Å². The van der Waals surface area contributed by atoms with Gasteiger partial charge in [0.25, 0.3) is 0 Å². The van der Waals surface area contributed by atoms with Crippen molar-refractivity contribution in [2.45, 2.75) is 24.9 Å². The molecule has 3 aromatic rings. The van der Waals surface area contributed by atoms with Crippen molar-refractivity contribution < 1.29 is 14.3 Å². The Balaban J connectivity index is 1.55. The van der Waals surface area contributed by atoms with E-state index in [1.807, 2.05) is 36.4 Å². The predicted molar refractivity (Wildman–Crippen MR) is 110 cm³/mol. The van der Waals surface area contributed by atoms with Gasteiger partial charge in [0.2, 0.25) is 6.79 Å². The number of ether oxygens (including phenoxy) is 2. The van der Waals surface area contributed by atoms with Gasteiger partial charge in [0.05, 0.1) is 17.1 Å². The number of halogens is 1. The van der Waals surface area contributed by atoms with Gasteiger partial charge in [-0.2, -0.15) is 0 Å². The highest BCUT2D eigenvalue weighted by Crippen LogP contribution is 2.41. The Morgan fingerprint density at radius 3 is 2.86 bits per heavy atom. The van der Waals surface area contributed by atoms with Gasteiger partial charge in [0.1, 0.15) is 0 Å². The second-order valence-corrected chi connectivity index (χ2v) is 8.13. The van der Waals surface area contributed by atoms with Crippen LogP contribution in [0, 0.1) is 0 Å². The molecule has 2 amide bonds. The molecule has 9 heteroatoms. The predicted octanol–water partition coefficient (Wildman–Crippen LogP) is 3.28. The fourth-order valence-corrected chi connectivity index (χ4v) is 4.81. The largest absolute Gasteiger partial charge is 0.454 e. The first-order chi connectivity index (χ1) is 14.0. The van der Waals surface area contributed by atoms with Crippen molar-refractivity contribution in [1.29, 1.82) is 0 Å². The summed E-state index contributed by atoms with van der Waals surface area (Å²) in [5, 5.41) is 0. The van der Waals surface area contributed by atoms with Gasteiger partial charge in [-0.3, -0.25) is 4.57 Å². The van der Waals surface area contributed by atoms with Crippen molar-refractivity contribution in [3.8, 4) is 11.5 Å². The number of urea groups is 1. The molecule has 2 atom stereocenters. The van der Waals surface area contributed by atoms with Crippen LogP contribution < -0.4 is 20.9 Å². The Morgan fingerprint density at radius 2 is 2.03 bits per heavy atom. The van der Waals surface area contributed by atoms with Gasteiger partial charge in [0.15, 0.2) is 11.5 Å². The quantitative estimate of drug-likeness (QED) is 0.614. The van der Waals surface area contributed by atoms with Gasteiger partial charge in [-0.25, -0.2) is 9.59 Å². The number of likely N-dealkylation sites (tertiary alicyclic amines) is 1. The number of aromatic amines is 1. The smallest absolute Gasteiger partial charge is 0.326 e. The zero-order valence-electron chi connectivity index (χ0n) is 15.4. The molecular weight excluding hydrogens is 440 g/mol. The highest BCUT2D eigenvalue weighted by Gasteiger charge is 2.34. The lowest BCUT2D eigenvalue weighted by Crippen LogP contribution is -2.45. The minimum Gasteiger partial charge on any atom is -0.454 e. The molecule has 1 aromatic heterocycles. The number of nitrogens with zero attached hydrogens (tertiary/aromatic N) is 2. The third kappa shape index (κ3) is 2.96. The number of carbonyl (C=O) groups excluding carboxylic acids is 1. The monoisotopic (exact) mass is 458 g/mol. The first-order valence-corrected chi connectivity index (χ1v) is 10.2. The van der Waals surface area contributed by atoms with Crippen molar-refractivity contribution >= 4 is 33.0 Å². The third-order valence-corrected chi connectivity index (χ3v) is 6.37. The number of imidazole rings is 1. The van der Waals surface area contributed by atoms with Crippen molar-refractivity contribution in [1.82, 2.24) is 14.5 Å². The molecule has 2 aliphatic rings. The molecule has 150 valence electrons. The summed E-state index contributed by atoms with van der Waals surface area (Å²) in [6.07, 6.45) is 1.21. The van der Waals surface area contributed by atoms with Crippen molar-refractivity contribution in [3.05, 3.63) is 56.9 Å². The summed E-state index contributed by atoms with van der Waals surface area (Å²) in [5.41, 5.74) is 8.02. The number of carbonyl (C=O) groups is 1. The lowest BCUT2D eigenvalue weighted by molar-refractivity contribution is 0.136. The van der Waals surface area contributed by atoms with Crippen LogP contribution in [0.4, 0.5) is 4.79 Å². The first-order valence-electron chi connectivity index (χ1n) is 9.37. The summed E-state index contributed by atoms with van der Waals surface area (Å²) in [4.78, 5) is 29.4. The number of H-pyrrole nitrogens is 1. The fourth-order valence-electron chi connectivity index (χ4n) is 4.36. The summed E-state index contributed by atoms with van der Waals surface area (Å²) >= 11 is 3.50. The Bertz CT molecular complexity index is 1170. The van der Waals surface area contributed by atoms with Crippen molar-refractivity contribution in [2.75, 3.05) is 13.3 Å². The molecule has 2 unspecified atom stereocenters. The molecule has 29 heavy (non-hydrogen) atoms. The number of benzene rings is 2. The average Bonchev–Trinajstić information content (AvgIpc) is 3.31. The number of rotatable bonds is 2. The Labute approximate surface area is 174 Å². The molecule has 0 bridgehead atoms. The number of piperidine rings is 1. The summed E-state index contributed by atoms with van der Waals surface area (Å²) in [5.74, 6) is 1.34. The van der Waals surface area contributed by atoms with Crippen LogP contribution in [0.2, 0.25) is 0 Å². The maximum Gasteiger partial charge on any atom is 0.326 e. The van der Waals surface area contributed by atoms with Crippen LogP contribution in [0.1, 0.15) is 30.5 Å². The van der Waals surface area contributed by atoms with Crippen LogP contribution in [-0.2, 0) is 0 Å². The highest BCUT2D eigenvalue weighted by molar-refractivity contribution is 9.10. The SMILES string of the molecule is NC(=O)N1CCC(n2c(=O)[nH]c3c(Br)cccc32)CC1c1ccc2c(c1)OCO2. The minimum absolute atomic E-state index is 0.0726. The van der Waals surface area contributed by atoms with E-state index < -0.39 is 6.03 Å². The molecule has 0 radical (unpaired) electrons. The summed E-state index contributed by atoms with van der Waals surface area (Å²) in [6.45, 7) is 0.650. The fraction of sp³-hybridized carbons (Fsp3) is 0.300. The number of amides is 2. The van der Waals surface area contributed by atoms with E-state index in [0.29, 0.717) is 30.9 Å². The zero-order valence-corrected chi connectivity index (χ0v) is 17.0. The molecule has 2 aliphatic heterocycles. The number of aromatic nitrogens is 2. The van der Waals surface area contributed by atoms with Crippen LogP contribution in [0.5, 0.6) is 11.5 Å². The number of para-hydroxylation sites is 1. The number of primary amides is 1. The van der Waals surface area contributed by atoms with Gasteiger partial charge < -0.3 is 25.1 Å². The van der Waals surface area contributed by atoms with Crippen molar-refractivity contribution in [2.24, 2.45) is 5.73 Å². The number of hydrogen-bond acceptors (Lipinski definition) is 4. The van der Waals surface area contributed by atoms with E-state index in [1.54, 1.807) is 9.47 Å². The second-order valence-electron chi connectivity index (χ2n) is 7.27. The lowest BCUT2D eigenvalue weighted by Gasteiger charge is -2.39. The average molecular weight is 459 g/mol. The molecule has 0 spiro atoms. The van der Waals surface area contributed by atoms with E-state index >= 15 is 0 Å². The number of hydrogen-bond donors (Lipinski definition) is 2. The van der Waals surface area contributed by atoms with E-state index in [0.717, 1.165) is 21.1 Å².